The average Bonchev–Trinajstić information content (AvgIpc) is 2.61. The van der Waals surface area contributed by atoms with Gasteiger partial charge < -0.3 is 15.0 Å². The first-order valence-corrected chi connectivity index (χ1v) is 9.81. The standard InChI is InChI=1S/C18H17FN2O5S/c1-2-27(24,25)14-6-7-15-16(9-14)26-18(23)11-21(15)10-17(22)20-13-5-3-4-12(19)8-13/h3-9H,2,10-11H2,1H3,(H,20,22). The van der Waals surface area contributed by atoms with Gasteiger partial charge in [-0.25, -0.2) is 17.6 Å². The number of halogens is 1. The van der Waals surface area contributed by atoms with Crippen LogP contribution in [0.5, 0.6) is 5.75 Å². The van der Waals surface area contributed by atoms with Crippen LogP contribution >= 0.6 is 0 Å². The van der Waals surface area contributed by atoms with E-state index in [2.05, 4.69) is 5.32 Å². The fourth-order valence-electron chi connectivity index (χ4n) is 2.67. The number of hydrogen-bond acceptors (Lipinski definition) is 6. The molecule has 0 saturated heterocycles. The van der Waals surface area contributed by atoms with E-state index in [1.54, 1.807) is 6.07 Å². The summed E-state index contributed by atoms with van der Waals surface area (Å²) >= 11 is 0. The van der Waals surface area contributed by atoms with Gasteiger partial charge in [-0.3, -0.25) is 4.79 Å². The highest BCUT2D eigenvalue weighted by atomic mass is 32.2. The fourth-order valence-corrected chi connectivity index (χ4v) is 3.57. The van der Waals surface area contributed by atoms with Crippen LogP contribution in [-0.2, 0) is 19.4 Å². The van der Waals surface area contributed by atoms with Crippen molar-refractivity contribution in [2.45, 2.75) is 11.8 Å². The molecular formula is C18H17FN2O5S. The molecule has 0 atom stereocenters. The van der Waals surface area contributed by atoms with E-state index < -0.39 is 27.5 Å². The average molecular weight is 392 g/mol. The van der Waals surface area contributed by atoms with E-state index in [9.17, 15) is 22.4 Å². The molecule has 0 aromatic heterocycles. The molecule has 1 aliphatic rings. The summed E-state index contributed by atoms with van der Waals surface area (Å²) in [5, 5.41) is 2.55. The monoisotopic (exact) mass is 392 g/mol. The summed E-state index contributed by atoms with van der Waals surface area (Å²) in [6, 6.07) is 9.64. The van der Waals surface area contributed by atoms with Crippen molar-refractivity contribution in [2.75, 3.05) is 29.1 Å². The summed E-state index contributed by atoms with van der Waals surface area (Å²) in [5.74, 6) is -1.54. The Kier molecular flexibility index (Phi) is 5.13. The summed E-state index contributed by atoms with van der Waals surface area (Å²) in [4.78, 5) is 25.6. The molecule has 142 valence electrons. The van der Waals surface area contributed by atoms with Crippen LogP contribution in [0.2, 0.25) is 0 Å². The molecule has 0 aliphatic carbocycles. The van der Waals surface area contributed by atoms with Gasteiger partial charge in [0.05, 0.1) is 22.9 Å². The van der Waals surface area contributed by atoms with E-state index in [-0.39, 0.29) is 29.5 Å². The second-order valence-corrected chi connectivity index (χ2v) is 8.20. The molecule has 2 aromatic rings. The zero-order chi connectivity index (χ0) is 19.6. The number of carbonyl (C=O) groups excluding carboxylic acids is 2. The molecule has 1 N–H and O–H groups in total. The number of amides is 1. The highest BCUT2D eigenvalue weighted by Crippen LogP contribution is 2.34. The number of ether oxygens (including phenoxy) is 1. The third-order valence-electron chi connectivity index (χ3n) is 4.00. The highest BCUT2D eigenvalue weighted by Gasteiger charge is 2.27. The Morgan fingerprint density at radius 3 is 2.74 bits per heavy atom. The van der Waals surface area contributed by atoms with Gasteiger partial charge in [0.15, 0.2) is 15.6 Å². The number of nitrogens with one attached hydrogen (secondary N) is 1. The maximum atomic E-state index is 13.2. The van der Waals surface area contributed by atoms with Crippen molar-refractivity contribution >= 4 is 33.1 Å². The minimum Gasteiger partial charge on any atom is -0.423 e. The summed E-state index contributed by atoms with van der Waals surface area (Å²) in [6.45, 7) is 1.17. The Bertz CT molecular complexity index is 1010. The molecule has 7 nitrogen and oxygen atoms in total. The SMILES string of the molecule is CCS(=O)(=O)c1ccc2c(c1)OC(=O)CN2CC(=O)Nc1cccc(F)c1. The maximum absolute atomic E-state index is 13.2. The molecule has 0 radical (unpaired) electrons. The molecule has 0 fully saturated rings. The lowest BCUT2D eigenvalue weighted by molar-refractivity contribution is -0.133. The molecule has 2 aromatic carbocycles. The number of nitrogens with zero attached hydrogens (tertiary/aromatic N) is 1. The number of rotatable bonds is 5. The lowest BCUT2D eigenvalue weighted by Crippen LogP contribution is -2.41. The van der Waals surface area contributed by atoms with E-state index in [0.29, 0.717) is 11.4 Å². The Hall–Kier alpha value is -2.94. The van der Waals surface area contributed by atoms with Crippen molar-refractivity contribution in [3.05, 3.63) is 48.3 Å². The Balaban J connectivity index is 1.81. The zero-order valence-corrected chi connectivity index (χ0v) is 15.3. The molecule has 0 spiro atoms. The first kappa shape index (κ1) is 18.8. The van der Waals surface area contributed by atoms with E-state index in [1.165, 1.54) is 48.2 Å². The molecule has 0 unspecified atom stereocenters. The van der Waals surface area contributed by atoms with E-state index in [4.69, 9.17) is 4.74 Å². The molecule has 1 aliphatic heterocycles. The van der Waals surface area contributed by atoms with Crippen molar-refractivity contribution in [2.24, 2.45) is 0 Å². The predicted octanol–water partition coefficient (Wildman–Crippen LogP) is 1.98. The molecule has 0 bridgehead atoms. The smallest absolute Gasteiger partial charge is 0.331 e. The van der Waals surface area contributed by atoms with Crippen molar-refractivity contribution in [1.29, 1.82) is 0 Å². The van der Waals surface area contributed by atoms with Crippen molar-refractivity contribution in [1.82, 2.24) is 0 Å². The van der Waals surface area contributed by atoms with Crippen molar-refractivity contribution in [3.8, 4) is 5.75 Å². The number of carbonyl (C=O) groups is 2. The van der Waals surface area contributed by atoms with Crippen LogP contribution in [0.3, 0.4) is 0 Å². The summed E-state index contributed by atoms with van der Waals surface area (Å²) in [5.41, 5.74) is 0.725. The van der Waals surface area contributed by atoms with Gasteiger partial charge in [0.25, 0.3) is 0 Å². The first-order valence-electron chi connectivity index (χ1n) is 8.16. The fraction of sp³-hybridized carbons (Fsp3) is 0.222. The van der Waals surface area contributed by atoms with Gasteiger partial charge in [-0.2, -0.15) is 0 Å². The van der Waals surface area contributed by atoms with Gasteiger partial charge in [-0.1, -0.05) is 13.0 Å². The molecular weight excluding hydrogens is 375 g/mol. The zero-order valence-electron chi connectivity index (χ0n) is 14.4. The second kappa shape index (κ2) is 7.36. The van der Waals surface area contributed by atoms with Crippen LogP contribution in [0, 0.1) is 5.82 Å². The largest absolute Gasteiger partial charge is 0.423 e. The lowest BCUT2D eigenvalue weighted by atomic mass is 10.2. The van der Waals surface area contributed by atoms with Crippen LogP contribution in [0.25, 0.3) is 0 Å². The number of benzene rings is 2. The molecule has 3 rings (SSSR count). The van der Waals surface area contributed by atoms with Gasteiger partial charge in [-0.15, -0.1) is 0 Å². The quantitative estimate of drug-likeness (QED) is 0.618. The topological polar surface area (TPSA) is 92.8 Å². The van der Waals surface area contributed by atoms with Gasteiger partial charge in [0.2, 0.25) is 5.91 Å². The Morgan fingerprint density at radius 1 is 1.26 bits per heavy atom. The van der Waals surface area contributed by atoms with Crippen LogP contribution in [0.1, 0.15) is 6.92 Å². The van der Waals surface area contributed by atoms with E-state index in [0.717, 1.165) is 0 Å². The molecule has 27 heavy (non-hydrogen) atoms. The number of hydrogen-bond donors (Lipinski definition) is 1. The predicted molar refractivity (Wildman–Crippen MR) is 97.0 cm³/mol. The third-order valence-corrected chi connectivity index (χ3v) is 5.73. The van der Waals surface area contributed by atoms with Gasteiger partial charge in [-0.05, 0) is 30.3 Å². The minimum atomic E-state index is -3.46. The Labute approximate surface area is 155 Å². The molecule has 1 heterocycles. The highest BCUT2D eigenvalue weighted by molar-refractivity contribution is 7.91. The number of anilines is 2. The van der Waals surface area contributed by atoms with Crippen LogP contribution in [0.4, 0.5) is 15.8 Å². The molecule has 0 saturated carbocycles. The number of sulfone groups is 1. The van der Waals surface area contributed by atoms with Crippen molar-refractivity contribution in [3.63, 3.8) is 0 Å². The van der Waals surface area contributed by atoms with Gasteiger partial charge in [0.1, 0.15) is 12.4 Å². The summed E-state index contributed by atoms with van der Waals surface area (Å²) < 4.78 is 42.4. The number of esters is 1. The molecule has 9 heteroatoms. The molecule has 1 amide bonds. The summed E-state index contributed by atoms with van der Waals surface area (Å²) in [6.07, 6.45) is 0. The minimum absolute atomic E-state index is 0.0441. The summed E-state index contributed by atoms with van der Waals surface area (Å²) in [7, 11) is -3.46. The first-order chi connectivity index (χ1) is 12.8. The van der Waals surface area contributed by atoms with Gasteiger partial charge in [0, 0.05) is 11.8 Å². The Morgan fingerprint density at radius 2 is 2.04 bits per heavy atom. The van der Waals surface area contributed by atoms with Crippen LogP contribution in [-0.4, -0.2) is 39.1 Å². The van der Waals surface area contributed by atoms with Crippen LogP contribution in [0.15, 0.2) is 47.4 Å². The van der Waals surface area contributed by atoms with Crippen LogP contribution < -0.4 is 15.0 Å². The maximum Gasteiger partial charge on any atom is 0.331 e. The normalized spacial score (nSPS) is 13.7. The second-order valence-electron chi connectivity index (χ2n) is 5.92. The van der Waals surface area contributed by atoms with Crippen molar-refractivity contribution < 1.29 is 27.1 Å². The van der Waals surface area contributed by atoms with E-state index in [1.807, 2.05) is 0 Å². The van der Waals surface area contributed by atoms with Gasteiger partial charge >= 0.3 is 5.97 Å². The third kappa shape index (κ3) is 4.25. The number of fused-ring (bicyclic) bond motifs is 1. The lowest BCUT2D eigenvalue weighted by Gasteiger charge is -2.29. The van der Waals surface area contributed by atoms with E-state index >= 15 is 0 Å².